The Morgan fingerprint density at radius 1 is 1.32 bits per heavy atom. The van der Waals surface area contributed by atoms with Crippen molar-refractivity contribution >= 4 is 56.0 Å². The van der Waals surface area contributed by atoms with Crippen molar-refractivity contribution in [2.45, 2.75) is 42.6 Å². The molecule has 2 bridgehead atoms. The average Bonchev–Trinajstić information content (AvgIpc) is 2.64. The van der Waals surface area contributed by atoms with E-state index in [1.54, 1.807) is 6.07 Å². The third kappa shape index (κ3) is 2.68. The predicted octanol–water partition coefficient (Wildman–Crippen LogP) is 4.48. The number of carbonyl (C=O) groups is 1. The zero-order valence-electron chi connectivity index (χ0n) is 10.3. The van der Waals surface area contributed by atoms with E-state index in [4.69, 9.17) is 11.6 Å². The molecule has 1 aromatic carbocycles. The van der Waals surface area contributed by atoms with E-state index >= 15 is 0 Å². The summed E-state index contributed by atoms with van der Waals surface area (Å²) in [5, 5.41) is 0.661. The maximum atomic E-state index is 12.7. The number of fused-ring (bicyclic) bond motifs is 2. The molecule has 0 aromatic heterocycles. The molecule has 2 nitrogen and oxygen atoms in total. The van der Waals surface area contributed by atoms with Crippen LogP contribution >= 0.6 is 50.1 Å². The van der Waals surface area contributed by atoms with E-state index in [1.165, 1.54) is 0 Å². The van der Waals surface area contributed by atoms with Crippen LogP contribution in [0.2, 0.25) is 5.02 Å². The van der Waals surface area contributed by atoms with Crippen molar-refractivity contribution in [3.8, 4) is 0 Å². The summed E-state index contributed by atoms with van der Waals surface area (Å²) in [5.74, 6) is 0.144. The summed E-state index contributed by atoms with van der Waals surface area (Å²) in [6.07, 6.45) is 4.41. The molecule has 2 unspecified atom stereocenters. The summed E-state index contributed by atoms with van der Waals surface area (Å²) in [7, 11) is 0. The van der Waals surface area contributed by atoms with Gasteiger partial charge in [-0.3, -0.25) is 4.79 Å². The van der Waals surface area contributed by atoms with E-state index in [2.05, 4.69) is 43.4 Å². The van der Waals surface area contributed by atoms with Gasteiger partial charge >= 0.3 is 0 Å². The van der Waals surface area contributed by atoms with E-state index in [1.807, 2.05) is 12.1 Å². The minimum atomic E-state index is 0.144. The van der Waals surface area contributed by atoms with Crippen molar-refractivity contribution in [1.29, 1.82) is 0 Å². The fraction of sp³-hybridized carbons (Fsp3) is 0.500. The van der Waals surface area contributed by atoms with Gasteiger partial charge in [0.2, 0.25) is 0 Å². The van der Waals surface area contributed by atoms with Gasteiger partial charge in [0.15, 0.2) is 0 Å². The highest BCUT2D eigenvalue weighted by molar-refractivity contribution is 14.1. The van der Waals surface area contributed by atoms with Crippen molar-refractivity contribution < 1.29 is 4.79 Å². The molecule has 1 aromatic rings. The molecule has 2 heterocycles. The van der Waals surface area contributed by atoms with Crippen LogP contribution in [0, 0.1) is 3.57 Å². The van der Waals surface area contributed by atoms with E-state index in [0.717, 1.165) is 34.8 Å². The second-order valence-electron chi connectivity index (χ2n) is 5.29. The van der Waals surface area contributed by atoms with Gasteiger partial charge in [-0.25, -0.2) is 0 Å². The summed E-state index contributed by atoms with van der Waals surface area (Å²) in [6.45, 7) is 0. The number of alkyl halides is 1. The van der Waals surface area contributed by atoms with Crippen LogP contribution < -0.4 is 0 Å². The average molecular weight is 455 g/mol. The fourth-order valence-corrected chi connectivity index (χ4v) is 4.60. The van der Waals surface area contributed by atoms with Gasteiger partial charge in [-0.15, -0.1) is 0 Å². The molecule has 2 aliphatic rings. The number of hydrogen-bond donors (Lipinski definition) is 0. The van der Waals surface area contributed by atoms with Gasteiger partial charge in [-0.2, -0.15) is 0 Å². The number of hydrogen-bond acceptors (Lipinski definition) is 1. The van der Waals surface area contributed by atoms with Crippen molar-refractivity contribution in [1.82, 2.24) is 4.90 Å². The molecule has 2 saturated heterocycles. The lowest BCUT2D eigenvalue weighted by molar-refractivity contribution is 0.0603. The van der Waals surface area contributed by atoms with Gasteiger partial charge in [0.05, 0.1) is 5.02 Å². The lowest BCUT2D eigenvalue weighted by atomic mass is 10.0. The van der Waals surface area contributed by atoms with Gasteiger partial charge in [-0.05, 0) is 66.5 Å². The minimum Gasteiger partial charge on any atom is -0.333 e. The lowest BCUT2D eigenvalue weighted by Crippen LogP contribution is -2.46. The van der Waals surface area contributed by atoms with Crippen LogP contribution in [0.1, 0.15) is 36.0 Å². The Labute approximate surface area is 140 Å². The summed E-state index contributed by atoms with van der Waals surface area (Å²) >= 11 is 12.0. The molecule has 0 N–H and O–H groups in total. The molecule has 1 amide bonds. The van der Waals surface area contributed by atoms with Crippen LogP contribution in [0.25, 0.3) is 0 Å². The molecule has 5 heteroatoms. The van der Waals surface area contributed by atoms with Crippen LogP contribution in [0.4, 0.5) is 0 Å². The molecule has 19 heavy (non-hydrogen) atoms. The standard InChI is InChI=1S/C14H14BrClINO/c15-9-6-10-2-3-11(7-9)18(10)14(19)8-1-4-13(17)12(16)5-8/h1,4-5,9-11H,2-3,6-7H2. The minimum absolute atomic E-state index is 0.144. The summed E-state index contributed by atoms with van der Waals surface area (Å²) < 4.78 is 0.984. The van der Waals surface area contributed by atoms with E-state index in [-0.39, 0.29) is 5.91 Å². The quantitative estimate of drug-likeness (QED) is 0.453. The highest BCUT2D eigenvalue weighted by Gasteiger charge is 2.42. The van der Waals surface area contributed by atoms with Crippen LogP contribution in [0.15, 0.2) is 18.2 Å². The van der Waals surface area contributed by atoms with Crippen LogP contribution in [0.5, 0.6) is 0 Å². The van der Waals surface area contributed by atoms with Crippen LogP contribution in [0.3, 0.4) is 0 Å². The second kappa shape index (κ2) is 5.53. The fourth-order valence-electron chi connectivity index (χ4n) is 3.22. The first-order valence-corrected chi connectivity index (χ1v) is 8.85. The van der Waals surface area contributed by atoms with Gasteiger partial charge in [0.25, 0.3) is 5.91 Å². The Morgan fingerprint density at radius 3 is 2.53 bits per heavy atom. The van der Waals surface area contributed by atoms with Crippen LogP contribution in [-0.2, 0) is 0 Å². The third-order valence-corrected chi connectivity index (χ3v) is 6.40. The van der Waals surface area contributed by atoms with Gasteiger partial charge in [-0.1, -0.05) is 27.5 Å². The lowest BCUT2D eigenvalue weighted by Gasteiger charge is -2.37. The van der Waals surface area contributed by atoms with Gasteiger partial charge in [0.1, 0.15) is 0 Å². The molecular formula is C14H14BrClINO. The molecule has 102 valence electrons. The number of carbonyl (C=O) groups excluding carboxylic acids is 1. The van der Waals surface area contributed by atoms with Crippen molar-refractivity contribution in [2.75, 3.05) is 0 Å². The topological polar surface area (TPSA) is 20.3 Å². The highest BCUT2D eigenvalue weighted by atomic mass is 127. The Hall–Kier alpha value is 0.190. The molecule has 2 atom stereocenters. The van der Waals surface area contributed by atoms with E-state index in [0.29, 0.717) is 21.9 Å². The first-order valence-electron chi connectivity index (χ1n) is 6.48. The predicted molar refractivity (Wildman–Crippen MR) is 89.1 cm³/mol. The third-order valence-electron chi connectivity index (χ3n) is 4.08. The Kier molecular flexibility index (Phi) is 4.11. The first-order chi connectivity index (χ1) is 9.06. The van der Waals surface area contributed by atoms with Gasteiger partial charge in [0, 0.05) is 26.0 Å². The number of amides is 1. The van der Waals surface area contributed by atoms with Crippen molar-refractivity contribution in [3.05, 3.63) is 32.4 Å². The number of benzene rings is 1. The Morgan fingerprint density at radius 2 is 1.95 bits per heavy atom. The molecule has 0 spiro atoms. The molecular weight excluding hydrogens is 440 g/mol. The number of piperidine rings is 1. The molecule has 2 aliphatic heterocycles. The Bertz CT molecular complexity index is 510. The monoisotopic (exact) mass is 453 g/mol. The first kappa shape index (κ1) is 14.1. The number of halogens is 3. The van der Waals surface area contributed by atoms with E-state index in [9.17, 15) is 4.79 Å². The summed E-state index contributed by atoms with van der Waals surface area (Å²) in [4.78, 5) is 15.3. The van der Waals surface area contributed by atoms with Crippen LogP contribution in [-0.4, -0.2) is 27.7 Å². The maximum absolute atomic E-state index is 12.7. The van der Waals surface area contributed by atoms with Crippen molar-refractivity contribution in [2.24, 2.45) is 0 Å². The van der Waals surface area contributed by atoms with Gasteiger partial charge < -0.3 is 4.90 Å². The molecule has 2 fully saturated rings. The molecule has 0 aliphatic carbocycles. The van der Waals surface area contributed by atoms with Crippen molar-refractivity contribution in [3.63, 3.8) is 0 Å². The molecule has 3 rings (SSSR count). The Balaban J connectivity index is 1.86. The number of rotatable bonds is 1. The maximum Gasteiger partial charge on any atom is 0.254 e. The summed E-state index contributed by atoms with van der Waals surface area (Å²) in [5.41, 5.74) is 0.718. The van der Waals surface area contributed by atoms with E-state index < -0.39 is 0 Å². The molecule has 0 radical (unpaired) electrons. The second-order valence-corrected chi connectivity index (χ2v) is 8.16. The normalized spacial score (nSPS) is 29.6. The SMILES string of the molecule is O=C(c1ccc(I)c(Cl)c1)N1C2CCC1CC(Br)C2. The largest absolute Gasteiger partial charge is 0.333 e. The summed E-state index contributed by atoms with van der Waals surface area (Å²) in [6, 6.07) is 6.39. The highest BCUT2D eigenvalue weighted by Crippen LogP contribution is 2.39. The zero-order chi connectivity index (χ0) is 13.6. The smallest absolute Gasteiger partial charge is 0.254 e. The molecule has 0 saturated carbocycles. The zero-order valence-corrected chi connectivity index (χ0v) is 14.8. The number of nitrogens with zero attached hydrogens (tertiary/aromatic N) is 1.